The van der Waals surface area contributed by atoms with Crippen LogP contribution < -0.4 is 20.7 Å². The third kappa shape index (κ3) is 1.54. The summed E-state index contributed by atoms with van der Waals surface area (Å²) in [6.45, 7) is 0. The van der Waals surface area contributed by atoms with Crippen molar-refractivity contribution in [1.82, 2.24) is 9.97 Å². The van der Waals surface area contributed by atoms with Crippen LogP contribution in [-0.2, 0) is 0 Å². The molecule has 6 heteroatoms. The molecule has 1 rings (SSSR count). The molecule has 6 nitrogen and oxygen atoms in total. The van der Waals surface area contributed by atoms with Crippen molar-refractivity contribution in [3.05, 3.63) is 6.20 Å². The number of hydrogen-bond donors (Lipinski definition) is 2. The molecule has 1 heterocycles. The van der Waals surface area contributed by atoms with Crippen molar-refractivity contribution < 1.29 is 9.47 Å². The molecule has 66 valence electrons. The maximum Gasteiger partial charge on any atom is 0.279 e. The molecule has 12 heavy (non-hydrogen) atoms. The highest BCUT2D eigenvalue weighted by atomic mass is 16.5. The zero-order valence-electron chi connectivity index (χ0n) is 6.87. The van der Waals surface area contributed by atoms with Gasteiger partial charge in [0.25, 0.3) is 11.8 Å². The Hall–Kier alpha value is -1.56. The van der Waals surface area contributed by atoms with Gasteiger partial charge in [-0.2, -0.15) is 4.98 Å². The molecular weight excluding hydrogens is 160 g/mol. The number of nitrogens with zero attached hydrogens (tertiary/aromatic N) is 2. The SMILES string of the molecule is COc1ncc(NN)nc1OC. The van der Waals surface area contributed by atoms with Gasteiger partial charge in [0.1, 0.15) is 0 Å². The van der Waals surface area contributed by atoms with Crippen LogP contribution in [0.3, 0.4) is 0 Å². The smallest absolute Gasteiger partial charge is 0.279 e. The molecule has 0 aromatic carbocycles. The van der Waals surface area contributed by atoms with E-state index in [9.17, 15) is 0 Å². The Morgan fingerprint density at radius 1 is 1.33 bits per heavy atom. The largest absolute Gasteiger partial charge is 0.477 e. The van der Waals surface area contributed by atoms with Gasteiger partial charge < -0.3 is 14.9 Å². The minimum absolute atomic E-state index is 0.299. The van der Waals surface area contributed by atoms with Crippen molar-refractivity contribution in [3.8, 4) is 11.8 Å². The summed E-state index contributed by atoms with van der Waals surface area (Å²) < 4.78 is 9.75. The van der Waals surface area contributed by atoms with E-state index in [0.29, 0.717) is 17.6 Å². The fourth-order valence-electron chi connectivity index (χ4n) is 0.704. The fraction of sp³-hybridized carbons (Fsp3) is 0.333. The van der Waals surface area contributed by atoms with E-state index < -0.39 is 0 Å². The minimum Gasteiger partial charge on any atom is -0.477 e. The minimum atomic E-state index is 0.299. The number of nitrogens with two attached hydrogens (primary N) is 1. The van der Waals surface area contributed by atoms with Gasteiger partial charge in [-0.3, -0.25) is 0 Å². The predicted molar refractivity (Wildman–Crippen MR) is 42.9 cm³/mol. The summed E-state index contributed by atoms with van der Waals surface area (Å²) in [4.78, 5) is 7.82. The summed E-state index contributed by atoms with van der Waals surface area (Å²) >= 11 is 0. The van der Waals surface area contributed by atoms with E-state index in [1.54, 1.807) is 0 Å². The van der Waals surface area contributed by atoms with E-state index in [1.165, 1.54) is 20.4 Å². The van der Waals surface area contributed by atoms with Gasteiger partial charge in [-0.1, -0.05) is 0 Å². The number of nitrogen functional groups attached to an aromatic ring is 1. The molecule has 0 atom stereocenters. The van der Waals surface area contributed by atoms with Crippen molar-refractivity contribution in [1.29, 1.82) is 0 Å². The maximum absolute atomic E-state index is 5.12. The molecule has 1 aromatic rings. The van der Waals surface area contributed by atoms with Crippen LogP contribution in [0, 0.1) is 0 Å². The number of aromatic nitrogens is 2. The van der Waals surface area contributed by atoms with E-state index in [4.69, 9.17) is 15.3 Å². The van der Waals surface area contributed by atoms with E-state index in [-0.39, 0.29) is 0 Å². The number of methoxy groups -OCH3 is 2. The van der Waals surface area contributed by atoms with Crippen LogP contribution in [0.5, 0.6) is 11.8 Å². The lowest BCUT2D eigenvalue weighted by Crippen LogP contribution is -2.09. The summed E-state index contributed by atoms with van der Waals surface area (Å²) in [5.41, 5.74) is 2.34. The van der Waals surface area contributed by atoms with Crippen LogP contribution in [0.1, 0.15) is 0 Å². The molecule has 0 bridgehead atoms. The lowest BCUT2D eigenvalue weighted by atomic mass is 10.6. The van der Waals surface area contributed by atoms with Gasteiger partial charge in [0, 0.05) is 0 Å². The van der Waals surface area contributed by atoms with Crippen molar-refractivity contribution in [2.75, 3.05) is 19.6 Å². The molecule has 3 N–H and O–H groups in total. The molecular formula is C6H10N4O2. The lowest BCUT2D eigenvalue weighted by Gasteiger charge is -2.05. The molecule has 0 unspecified atom stereocenters. The van der Waals surface area contributed by atoms with E-state index >= 15 is 0 Å². The first kappa shape index (κ1) is 8.54. The molecule has 0 aliphatic carbocycles. The Morgan fingerprint density at radius 3 is 2.50 bits per heavy atom. The molecule has 0 fully saturated rings. The summed E-state index contributed by atoms with van der Waals surface area (Å²) in [5.74, 6) is 6.17. The second kappa shape index (κ2) is 3.72. The Kier molecular flexibility index (Phi) is 2.65. The summed E-state index contributed by atoms with van der Waals surface area (Å²) in [6.07, 6.45) is 1.45. The second-order valence-corrected chi connectivity index (χ2v) is 1.92. The highest BCUT2D eigenvalue weighted by Gasteiger charge is 2.06. The monoisotopic (exact) mass is 170 g/mol. The first-order chi connectivity index (χ1) is 5.81. The zero-order valence-corrected chi connectivity index (χ0v) is 6.87. The average molecular weight is 170 g/mol. The van der Waals surface area contributed by atoms with E-state index in [2.05, 4.69) is 15.4 Å². The third-order valence-corrected chi connectivity index (χ3v) is 1.24. The van der Waals surface area contributed by atoms with Gasteiger partial charge in [-0.05, 0) is 0 Å². The Balaban J connectivity index is 3.02. The van der Waals surface area contributed by atoms with Crippen molar-refractivity contribution in [2.24, 2.45) is 5.84 Å². The first-order valence-electron chi connectivity index (χ1n) is 3.23. The van der Waals surface area contributed by atoms with Gasteiger partial charge in [-0.25, -0.2) is 10.8 Å². The number of nitrogens with one attached hydrogen (secondary N) is 1. The van der Waals surface area contributed by atoms with Crippen LogP contribution in [0.15, 0.2) is 6.20 Å². The Bertz CT molecular complexity index is 266. The summed E-state index contributed by atoms with van der Waals surface area (Å²) in [7, 11) is 2.97. The normalized spacial score (nSPS) is 9.25. The highest BCUT2D eigenvalue weighted by Crippen LogP contribution is 2.21. The second-order valence-electron chi connectivity index (χ2n) is 1.92. The molecule has 0 radical (unpaired) electrons. The van der Waals surface area contributed by atoms with Gasteiger partial charge in [-0.15, -0.1) is 0 Å². The molecule has 0 aliphatic heterocycles. The van der Waals surface area contributed by atoms with Gasteiger partial charge >= 0.3 is 0 Å². The van der Waals surface area contributed by atoms with E-state index in [1.807, 2.05) is 0 Å². The van der Waals surface area contributed by atoms with Gasteiger partial charge in [0.2, 0.25) is 0 Å². The fourth-order valence-corrected chi connectivity index (χ4v) is 0.704. The highest BCUT2D eigenvalue weighted by molar-refractivity contribution is 5.37. The molecule has 1 aromatic heterocycles. The number of anilines is 1. The van der Waals surface area contributed by atoms with Crippen LogP contribution in [0.4, 0.5) is 5.82 Å². The van der Waals surface area contributed by atoms with Crippen molar-refractivity contribution in [2.45, 2.75) is 0 Å². The summed E-state index contributed by atoms with van der Waals surface area (Å²) in [6, 6.07) is 0. The summed E-state index contributed by atoms with van der Waals surface area (Å²) in [5, 5.41) is 0. The van der Waals surface area contributed by atoms with Gasteiger partial charge in [0.05, 0.1) is 20.4 Å². The van der Waals surface area contributed by atoms with Crippen LogP contribution in [-0.4, -0.2) is 24.2 Å². The number of rotatable bonds is 3. The quantitative estimate of drug-likeness (QED) is 0.482. The molecule has 0 aliphatic rings. The predicted octanol–water partition coefficient (Wildman–Crippen LogP) is -0.221. The maximum atomic E-state index is 5.12. The van der Waals surface area contributed by atoms with Crippen molar-refractivity contribution in [3.63, 3.8) is 0 Å². The van der Waals surface area contributed by atoms with Crippen LogP contribution in [0.25, 0.3) is 0 Å². The third-order valence-electron chi connectivity index (χ3n) is 1.24. The topological polar surface area (TPSA) is 82.3 Å². The van der Waals surface area contributed by atoms with Crippen molar-refractivity contribution >= 4 is 5.82 Å². The number of hydrogen-bond acceptors (Lipinski definition) is 6. The average Bonchev–Trinajstić information content (AvgIpc) is 2.16. The standard InChI is InChI=1S/C6H10N4O2/c1-11-5-6(12-2)9-4(10-7)3-8-5/h3H,7H2,1-2H3,(H,9,10). The van der Waals surface area contributed by atoms with E-state index in [0.717, 1.165) is 0 Å². The molecule has 0 saturated carbocycles. The Morgan fingerprint density at radius 2 is 2.00 bits per heavy atom. The number of hydrazine groups is 1. The number of ether oxygens (including phenoxy) is 2. The molecule has 0 amide bonds. The Labute approximate surface area is 69.7 Å². The molecule has 0 saturated heterocycles. The lowest BCUT2D eigenvalue weighted by molar-refractivity contribution is 0.332. The zero-order chi connectivity index (χ0) is 8.97. The first-order valence-corrected chi connectivity index (χ1v) is 3.23. The van der Waals surface area contributed by atoms with Crippen LogP contribution >= 0.6 is 0 Å². The van der Waals surface area contributed by atoms with Crippen LogP contribution in [0.2, 0.25) is 0 Å². The van der Waals surface area contributed by atoms with Gasteiger partial charge in [0.15, 0.2) is 5.82 Å². The molecule has 0 spiro atoms.